The minimum Gasteiger partial charge on any atom is -0.293 e. The maximum Gasteiger partial charge on any atom is 0.259 e. The first-order chi connectivity index (χ1) is 10.6. The minimum atomic E-state index is -0.425. The molecule has 1 amide bonds. The molecule has 3 heterocycles. The van der Waals surface area contributed by atoms with E-state index in [0.29, 0.717) is 24.5 Å². The smallest absolute Gasteiger partial charge is 0.259 e. The van der Waals surface area contributed by atoms with Crippen LogP contribution in [0.1, 0.15) is 6.92 Å². The van der Waals surface area contributed by atoms with Gasteiger partial charge in [0.15, 0.2) is 0 Å². The number of fused-ring (bicyclic) bond motifs is 1. The second-order valence-electron chi connectivity index (χ2n) is 4.79. The van der Waals surface area contributed by atoms with Gasteiger partial charge in [-0.2, -0.15) is 0 Å². The summed E-state index contributed by atoms with van der Waals surface area (Å²) in [4.78, 5) is 18.2. The van der Waals surface area contributed by atoms with Crippen LogP contribution in [0.25, 0.3) is 0 Å². The van der Waals surface area contributed by atoms with Gasteiger partial charge in [-0.1, -0.05) is 15.9 Å². The van der Waals surface area contributed by atoms with Crippen molar-refractivity contribution in [3.8, 4) is 0 Å². The van der Waals surface area contributed by atoms with Crippen LogP contribution in [0, 0.1) is 5.82 Å². The van der Waals surface area contributed by atoms with Gasteiger partial charge in [0, 0.05) is 29.3 Å². The van der Waals surface area contributed by atoms with Gasteiger partial charge in [0.1, 0.15) is 11.6 Å². The van der Waals surface area contributed by atoms with Crippen LogP contribution in [0.3, 0.4) is 0 Å². The number of rotatable bonds is 3. The van der Waals surface area contributed by atoms with Crippen LogP contribution in [0.5, 0.6) is 0 Å². The summed E-state index contributed by atoms with van der Waals surface area (Å²) < 4.78 is 14.0. The summed E-state index contributed by atoms with van der Waals surface area (Å²) in [5.74, 6) is -0.161. The van der Waals surface area contributed by atoms with Crippen LogP contribution in [0.2, 0.25) is 0 Å². The summed E-state index contributed by atoms with van der Waals surface area (Å²) in [6.45, 7) is 2.99. The molecule has 114 valence electrons. The molecule has 0 atom stereocenters. The first-order valence-electron chi connectivity index (χ1n) is 6.85. The van der Waals surface area contributed by atoms with Gasteiger partial charge in [-0.3, -0.25) is 14.7 Å². The summed E-state index contributed by atoms with van der Waals surface area (Å²) in [6, 6.07) is 2.80. The van der Waals surface area contributed by atoms with Gasteiger partial charge in [-0.15, -0.1) is 0 Å². The Morgan fingerprint density at radius 3 is 3.05 bits per heavy atom. The molecule has 0 radical (unpaired) electrons. The predicted octanol–water partition coefficient (Wildman–Crippen LogP) is 2.45. The number of pyridine rings is 1. The van der Waals surface area contributed by atoms with Crippen LogP contribution >= 0.6 is 15.9 Å². The summed E-state index contributed by atoms with van der Waals surface area (Å²) >= 11 is 3.48. The zero-order chi connectivity index (χ0) is 15.7. The molecule has 0 saturated heterocycles. The van der Waals surface area contributed by atoms with E-state index in [4.69, 9.17) is 0 Å². The van der Waals surface area contributed by atoms with Crippen LogP contribution in [0.15, 0.2) is 52.4 Å². The molecule has 0 unspecified atom stereocenters. The third kappa shape index (κ3) is 2.69. The van der Waals surface area contributed by atoms with Crippen LogP contribution in [-0.4, -0.2) is 29.0 Å². The normalized spacial score (nSPS) is 16.7. The fraction of sp³-hybridized carbons (Fsp3) is 0.200. The number of hydrazine groups is 1. The van der Waals surface area contributed by atoms with Crippen molar-refractivity contribution < 1.29 is 9.18 Å². The lowest BCUT2D eigenvalue weighted by molar-refractivity contribution is -0.114. The average Bonchev–Trinajstić information content (AvgIpc) is 2.90. The fourth-order valence-electron chi connectivity index (χ4n) is 2.32. The molecule has 1 aromatic heterocycles. The van der Waals surface area contributed by atoms with Crippen LogP contribution in [0.4, 0.5) is 10.2 Å². The van der Waals surface area contributed by atoms with E-state index in [1.54, 1.807) is 6.08 Å². The Kier molecular flexibility index (Phi) is 4.08. The van der Waals surface area contributed by atoms with Crippen molar-refractivity contribution >= 4 is 27.7 Å². The molecule has 7 heteroatoms. The van der Waals surface area contributed by atoms with Crippen molar-refractivity contribution in [3.05, 3.63) is 58.3 Å². The van der Waals surface area contributed by atoms with Gasteiger partial charge in [0.05, 0.1) is 11.9 Å². The molecule has 2 aliphatic heterocycles. The van der Waals surface area contributed by atoms with E-state index < -0.39 is 5.82 Å². The Morgan fingerprint density at radius 1 is 1.55 bits per heavy atom. The summed E-state index contributed by atoms with van der Waals surface area (Å²) in [7, 11) is 0. The van der Waals surface area contributed by atoms with E-state index in [1.165, 1.54) is 17.0 Å². The van der Waals surface area contributed by atoms with Gasteiger partial charge in [0.25, 0.3) is 5.91 Å². The van der Waals surface area contributed by atoms with Crippen molar-refractivity contribution in [3.63, 3.8) is 0 Å². The number of anilines is 1. The Morgan fingerprint density at radius 2 is 2.36 bits per heavy atom. The van der Waals surface area contributed by atoms with E-state index in [-0.39, 0.29) is 5.91 Å². The topological polar surface area (TPSA) is 48.5 Å². The minimum absolute atomic E-state index is 0.169. The number of likely N-dealkylation sites (N-methyl/N-ethyl adjacent to an activating group) is 1. The number of carbonyl (C=O) groups excluding carboxylic acids is 1. The SMILES string of the molecule is CCN(C(=O)C1=CC2=C(Br)CNN2C=C1)c1ccc(F)cn1. The Hall–Kier alpha value is -1.99. The third-order valence-corrected chi connectivity index (χ3v) is 4.12. The molecule has 0 aromatic carbocycles. The number of amides is 1. The van der Waals surface area contributed by atoms with E-state index in [2.05, 4.69) is 26.3 Å². The highest BCUT2D eigenvalue weighted by molar-refractivity contribution is 9.11. The van der Waals surface area contributed by atoms with Crippen molar-refractivity contribution in [1.82, 2.24) is 15.4 Å². The van der Waals surface area contributed by atoms with Crippen LogP contribution < -0.4 is 10.3 Å². The maximum atomic E-state index is 13.0. The molecule has 3 rings (SSSR count). The molecular weight excluding hydrogens is 351 g/mol. The Bertz CT molecular complexity index is 696. The average molecular weight is 365 g/mol. The van der Waals surface area contributed by atoms with E-state index >= 15 is 0 Å². The second kappa shape index (κ2) is 6.02. The maximum absolute atomic E-state index is 13.0. The van der Waals surface area contributed by atoms with E-state index in [0.717, 1.165) is 16.4 Å². The number of allylic oxidation sites excluding steroid dienone is 1. The zero-order valence-corrected chi connectivity index (χ0v) is 13.5. The molecule has 1 N–H and O–H groups in total. The summed E-state index contributed by atoms with van der Waals surface area (Å²) in [5, 5.41) is 1.85. The van der Waals surface area contributed by atoms with E-state index in [1.807, 2.05) is 24.2 Å². The fourth-order valence-corrected chi connectivity index (χ4v) is 2.75. The lowest BCUT2D eigenvalue weighted by atomic mass is 10.1. The number of aromatic nitrogens is 1. The highest BCUT2D eigenvalue weighted by atomic mass is 79.9. The lowest BCUT2D eigenvalue weighted by Crippen LogP contribution is -2.34. The molecule has 0 aliphatic carbocycles. The molecular formula is C15H14BrFN4O. The number of halogens is 2. The van der Waals surface area contributed by atoms with Crippen molar-refractivity contribution in [2.24, 2.45) is 0 Å². The Balaban J connectivity index is 1.89. The molecule has 0 spiro atoms. The number of nitrogens with zero attached hydrogens (tertiary/aromatic N) is 3. The highest BCUT2D eigenvalue weighted by Crippen LogP contribution is 2.27. The van der Waals surface area contributed by atoms with Crippen molar-refractivity contribution in [2.45, 2.75) is 6.92 Å². The van der Waals surface area contributed by atoms with Crippen molar-refractivity contribution in [2.75, 3.05) is 18.0 Å². The number of nitrogens with one attached hydrogen (secondary N) is 1. The highest BCUT2D eigenvalue weighted by Gasteiger charge is 2.25. The standard InChI is InChI=1S/C15H14BrFN4O/c1-2-20(14-4-3-11(17)8-18-14)15(22)10-5-6-21-13(7-10)12(16)9-19-21/h3-8,19H,2,9H2,1H3. The number of hydrogen-bond donors (Lipinski definition) is 1. The Labute approximate surface area is 135 Å². The van der Waals surface area contributed by atoms with E-state index in [9.17, 15) is 9.18 Å². The second-order valence-corrected chi connectivity index (χ2v) is 5.75. The predicted molar refractivity (Wildman–Crippen MR) is 85.2 cm³/mol. The van der Waals surface area contributed by atoms with Crippen molar-refractivity contribution in [1.29, 1.82) is 0 Å². The van der Waals surface area contributed by atoms with Gasteiger partial charge >= 0.3 is 0 Å². The quantitative estimate of drug-likeness (QED) is 0.894. The van der Waals surface area contributed by atoms with Gasteiger partial charge in [0.2, 0.25) is 0 Å². The summed E-state index contributed by atoms with van der Waals surface area (Å²) in [6.07, 6.45) is 6.48. The molecule has 0 fully saturated rings. The molecule has 1 aromatic rings. The first kappa shape index (κ1) is 14.9. The largest absolute Gasteiger partial charge is 0.293 e. The molecule has 22 heavy (non-hydrogen) atoms. The number of hydrogen-bond acceptors (Lipinski definition) is 4. The third-order valence-electron chi connectivity index (χ3n) is 3.43. The molecule has 2 aliphatic rings. The first-order valence-corrected chi connectivity index (χ1v) is 7.64. The van der Waals surface area contributed by atoms with Gasteiger partial charge in [-0.25, -0.2) is 14.8 Å². The molecule has 0 saturated carbocycles. The van der Waals surface area contributed by atoms with Crippen LogP contribution in [-0.2, 0) is 4.79 Å². The molecule has 0 bridgehead atoms. The zero-order valence-electron chi connectivity index (χ0n) is 11.9. The van der Waals surface area contributed by atoms with Gasteiger partial charge < -0.3 is 0 Å². The number of carbonyl (C=O) groups is 1. The summed E-state index contributed by atoms with van der Waals surface area (Å²) in [5.41, 5.74) is 4.62. The monoisotopic (exact) mass is 364 g/mol. The lowest BCUT2D eigenvalue weighted by Gasteiger charge is -2.24. The molecule has 5 nitrogen and oxygen atoms in total. The van der Waals surface area contributed by atoms with Gasteiger partial charge in [-0.05, 0) is 31.2 Å².